The van der Waals surface area contributed by atoms with E-state index in [9.17, 15) is 14.4 Å². The third-order valence-corrected chi connectivity index (χ3v) is 10.6. The van der Waals surface area contributed by atoms with Gasteiger partial charge in [0.25, 0.3) is 0 Å². The van der Waals surface area contributed by atoms with E-state index in [0.717, 1.165) is 148 Å². The molecule has 6 heteroatoms. The van der Waals surface area contributed by atoms with E-state index < -0.39 is 6.10 Å². The summed E-state index contributed by atoms with van der Waals surface area (Å²) in [6.45, 7) is 6.33. The zero-order valence-electron chi connectivity index (χ0n) is 40.8. The first-order valence-corrected chi connectivity index (χ1v) is 25.7. The minimum absolute atomic E-state index is 0.0949. The van der Waals surface area contributed by atoms with Crippen LogP contribution in [0.4, 0.5) is 0 Å². The van der Waals surface area contributed by atoms with Crippen LogP contribution in [0.1, 0.15) is 226 Å². The molecule has 0 aromatic rings. The van der Waals surface area contributed by atoms with Crippen LogP contribution in [-0.2, 0) is 28.6 Å². The van der Waals surface area contributed by atoms with Gasteiger partial charge in [-0.05, 0) is 109 Å². The van der Waals surface area contributed by atoms with Gasteiger partial charge in [0.15, 0.2) is 6.10 Å². The fourth-order valence-electron chi connectivity index (χ4n) is 6.72. The number of esters is 3. The summed E-state index contributed by atoms with van der Waals surface area (Å²) < 4.78 is 16.8. The first kappa shape index (κ1) is 59.3. The fraction of sp³-hybridized carbons (Fsp3) is 0.667. The van der Waals surface area contributed by atoms with Gasteiger partial charge in [-0.3, -0.25) is 14.4 Å². The van der Waals surface area contributed by atoms with Crippen molar-refractivity contribution in [2.45, 2.75) is 232 Å². The largest absolute Gasteiger partial charge is 0.462 e. The van der Waals surface area contributed by atoms with Crippen LogP contribution in [0, 0.1) is 0 Å². The summed E-state index contributed by atoms with van der Waals surface area (Å²) in [4.78, 5) is 38.0. The van der Waals surface area contributed by atoms with Crippen LogP contribution in [0.25, 0.3) is 0 Å². The Morgan fingerprint density at radius 1 is 0.333 bits per heavy atom. The molecule has 0 heterocycles. The minimum atomic E-state index is -0.796. The van der Waals surface area contributed by atoms with Crippen molar-refractivity contribution < 1.29 is 28.6 Å². The first-order valence-electron chi connectivity index (χ1n) is 25.7. The zero-order valence-corrected chi connectivity index (χ0v) is 40.8. The number of allylic oxidation sites excluding steroid dienone is 16. The normalized spacial score (nSPS) is 12.9. The maximum Gasteiger partial charge on any atom is 0.306 e. The Hall–Kier alpha value is -3.67. The van der Waals surface area contributed by atoms with Crippen LogP contribution < -0.4 is 0 Å². The Morgan fingerprint density at radius 3 is 0.984 bits per heavy atom. The van der Waals surface area contributed by atoms with E-state index in [4.69, 9.17) is 14.2 Å². The number of hydrogen-bond donors (Lipinski definition) is 0. The molecule has 0 N–H and O–H groups in total. The second-order valence-corrected chi connectivity index (χ2v) is 16.7. The lowest BCUT2D eigenvalue weighted by Gasteiger charge is -2.18. The molecule has 1 atom stereocenters. The summed E-state index contributed by atoms with van der Waals surface area (Å²) in [5.41, 5.74) is 0. The summed E-state index contributed by atoms with van der Waals surface area (Å²) in [7, 11) is 0. The van der Waals surface area contributed by atoms with Crippen molar-refractivity contribution in [3.8, 4) is 0 Å². The van der Waals surface area contributed by atoms with Crippen molar-refractivity contribution in [1.29, 1.82) is 0 Å². The van der Waals surface area contributed by atoms with Gasteiger partial charge in [0, 0.05) is 19.3 Å². The molecule has 0 aliphatic carbocycles. The van der Waals surface area contributed by atoms with E-state index in [2.05, 4.69) is 118 Å². The Balaban J connectivity index is 4.42. The first-order chi connectivity index (χ1) is 31.0. The van der Waals surface area contributed by atoms with E-state index >= 15 is 0 Å². The van der Waals surface area contributed by atoms with Crippen molar-refractivity contribution in [2.75, 3.05) is 13.2 Å². The number of hydrogen-bond acceptors (Lipinski definition) is 6. The Bertz CT molecular complexity index is 1280. The van der Waals surface area contributed by atoms with Crippen molar-refractivity contribution in [3.05, 3.63) is 97.2 Å². The Kier molecular flexibility index (Phi) is 48.0. The van der Waals surface area contributed by atoms with Gasteiger partial charge in [-0.15, -0.1) is 0 Å². The Morgan fingerprint density at radius 2 is 0.619 bits per heavy atom. The lowest BCUT2D eigenvalue weighted by molar-refractivity contribution is -0.167. The molecule has 0 fully saturated rings. The number of carbonyl (C=O) groups excluding carboxylic acids is 3. The van der Waals surface area contributed by atoms with Crippen LogP contribution in [-0.4, -0.2) is 37.2 Å². The van der Waals surface area contributed by atoms with Crippen molar-refractivity contribution in [3.63, 3.8) is 0 Å². The molecule has 0 aromatic carbocycles. The van der Waals surface area contributed by atoms with Gasteiger partial charge in [-0.2, -0.15) is 0 Å². The maximum absolute atomic E-state index is 12.8. The average Bonchev–Trinajstić information content (AvgIpc) is 3.28. The highest BCUT2D eigenvalue weighted by atomic mass is 16.6. The monoisotopic (exact) mass is 875 g/mol. The van der Waals surface area contributed by atoms with Crippen LogP contribution in [0.2, 0.25) is 0 Å². The molecule has 0 amide bonds. The third-order valence-electron chi connectivity index (χ3n) is 10.6. The summed E-state index contributed by atoms with van der Waals surface area (Å²) in [6, 6.07) is 0. The molecule has 0 radical (unpaired) electrons. The van der Waals surface area contributed by atoms with E-state index in [1.807, 2.05) is 0 Å². The van der Waals surface area contributed by atoms with Crippen molar-refractivity contribution in [1.82, 2.24) is 0 Å². The summed E-state index contributed by atoms with van der Waals surface area (Å²) >= 11 is 0. The summed E-state index contributed by atoms with van der Waals surface area (Å²) in [6.07, 6.45) is 66.7. The second-order valence-electron chi connectivity index (χ2n) is 16.7. The average molecular weight is 875 g/mol. The smallest absolute Gasteiger partial charge is 0.306 e. The van der Waals surface area contributed by atoms with Crippen molar-refractivity contribution >= 4 is 17.9 Å². The van der Waals surface area contributed by atoms with Crippen molar-refractivity contribution in [2.24, 2.45) is 0 Å². The van der Waals surface area contributed by atoms with E-state index in [1.165, 1.54) is 38.5 Å². The van der Waals surface area contributed by atoms with Gasteiger partial charge in [0.05, 0.1) is 0 Å². The van der Waals surface area contributed by atoms with E-state index in [-0.39, 0.29) is 31.1 Å². The van der Waals surface area contributed by atoms with Gasteiger partial charge in [0.1, 0.15) is 13.2 Å². The predicted octanol–water partition coefficient (Wildman–Crippen LogP) is 17.0. The molecule has 0 saturated heterocycles. The molecule has 358 valence electrons. The molecule has 0 saturated carbocycles. The quantitative estimate of drug-likeness (QED) is 0.0262. The molecule has 0 spiro atoms. The van der Waals surface area contributed by atoms with Gasteiger partial charge in [-0.1, -0.05) is 195 Å². The maximum atomic E-state index is 12.8. The molecule has 0 bridgehead atoms. The molecule has 0 aliphatic rings. The number of ether oxygens (including phenoxy) is 3. The number of rotatable bonds is 45. The molecule has 6 nitrogen and oxygen atoms in total. The fourth-order valence-corrected chi connectivity index (χ4v) is 6.72. The highest BCUT2D eigenvalue weighted by Gasteiger charge is 2.19. The lowest BCUT2D eigenvalue weighted by atomic mass is 10.1. The summed E-state index contributed by atoms with van der Waals surface area (Å²) in [5.74, 6) is -0.939. The van der Waals surface area contributed by atoms with Gasteiger partial charge < -0.3 is 14.2 Å². The highest BCUT2D eigenvalue weighted by molar-refractivity contribution is 5.71. The number of carbonyl (C=O) groups is 3. The SMILES string of the molecule is CC/C=C\C/C=C\C/C=C\C/C=C\CCCCCCCCC(=O)OCC(COC(=O)CCCCCCC/C=C\CCCC)OC(=O)CCCCCCC/C=C\C/C=C\C/C=C\CC. The predicted molar refractivity (Wildman–Crippen MR) is 270 cm³/mol. The number of unbranched alkanes of at least 4 members (excludes halogenated alkanes) is 18. The Labute approximate surface area is 387 Å². The van der Waals surface area contributed by atoms with Crippen LogP contribution in [0.5, 0.6) is 0 Å². The van der Waals surface area contributed by atoms with Crippen LogP contribution in [0.15, 0.2) is 97.2 Å². The molecular formula is C57H94O6. The topological polar surface area (TPSA) is 78.9 Å². The van der Waals surface area contributed by atoms with Gasteiger partial charge in [0.2, 0.25) is 0 Å². The molecule has 0 aliphatic heterocycles. The minimum Gasteiger partial charge on any atom is -0.462 e. The zero-order chi connectivity index (χ0) is 45.8. The third kappa shape index (κ3) is 49.2. The van der Waals surface area contributed by atoms with E-state index in [0.29, 0.717) is 19.3 Å². The van der Waals surface area contributed by atoms with Crippen LogP contribution >= 0.6 is 0 Å². The molecule has 63 heavy (non-hydrogen) atoms. The standard InChI is InChI=1S/C57H94O6/c1-4-7-10-13-16-19-22-24-26-27-28-29-31-32-35-38-41-44-47-50-56(59)62-53-54(52-61-55(58)49-46-43-40-37-34-21-18-15-12-9-6-3)63-57(60)51-48-45-42-39-36-33-30-25-23-20-17-14-11-8-5-2/h7-8,10-11,15-20,24-26,28-30,54H,4-6,9,12-14,21-23,27,31-53H2,1-3H3/b10-7-,11-8-,18-15-,19-16-,20-17-,26-24-,29-28-,30-25-. The van der Waals surface area contributed by atoms with Crippen LogP contribution in [0.3, 0.4) is 0 Å². The van der Waals surface area contributed by atoms with Gasteiger partial charge in [-0.25, -0.2) is 0 Å². The molecular weight excluding hydrogens is 781 g/mol. The van der Waals surface area contributed by atoms with E-state index in [1.54, 1.807) is 0 Å². The summed E-state index contributed by atoms with van der Waals surface area (Å²) in [5, 5.41) is 0. The molecule has 1 unspecified atom stereocenters. The molecule has 0 rings (SSSR count). The molecule has 0 aromatic heterocycles. The second kappa shape index (κ2) is 51.0. The lowest BCUT2D eigenvalue weighted by Crippen LogP contribution is -2.30. The highest BCUT2D eigenvalue weighted by Crippen LogP contribution is 2.13. The van der Waals surface area contributed by atoms with Gasteiger partial charge >= 0.3 is 17.9 Å².